The molecule has 0 aliphatic carbocycles. The maximum Gasteiger partial charge on any atom is 1.00 e. The molecule has 38 valence electrons. The van der Waals surface area contributed by atoms with Crippen molar-refractivity contribution in [3.8, 4) is 0 Å². The second-order valence-corrected chi connectivity index (χ2v) is 2.82. The summed E-state index contributed by atoms with van der Waals surface area (Å²) in [6, 6.07) is 0. The van der Waals surface area contributed by atoms with Gasteiger partial charge in [0.05, 0.1) is 0 Å². The molecule has 0 aromatic heterocycles. The molecular weight excluding hydrogens is 280 g/mol. The molecule has 0 aliphatic rings. The number of carboxylic acids is 1. The number of halogens is 1. The summed E-state index contributed by atoms with van der Waals surface area (Å²) in [6.07, 6.45) is 0. The zero-order chi connectivity index (χ0) is 5.15. The molecule has 0 spiro atoms. The van der Waals surface area contributed by atoms with E-state index < -0.39 is 5.97 Å². The molecule has 0 rings (SSSR count). The van der Waals surface area contributed by atoms with E-state index in [0.29, 0.717) is 0 Å². The zero-order valence-electron chi connectivity index (χ0n) is 5.31. The molecule has 2 nitrogen and oxygen atoms in total. The van der Waals surface area contributed by atoms with Gasteiger partial charge in [0.1, 0.15) is 3.92 Å². The van der Waals surface area contributed by atoms with Gasteiger partial charge in [0.2, 0.25) is 0 Å². The Kier molecular flexibility index (Phi) is 10.3. The molecule has 0 bridgehead atoms. The molecule has 1 atom stereocenters. The first-order valence-electron chi connectivity index (χ1n) is 1.51. The fourth-order valence-corrected chi connectivity index (χ4v) is 0. The normalized spacial score (nSPS) is 11.7. The number of carboxylic acid groups (broad SMARTS) is 1. The first-order valence-corrected chi connectivity index (χ1v) is 2.76. The number of rotatable bonds is 1. The van der Waals surface area contributed by atoms with Crippen molar-refractivity contribution in [2.75, 3.05) is 0 Å². The third-order valence-corrected chi connectivity index (χ3v) is 0.873. The molecule has 0 heterocycles. The largest absolute Gasteiger partial charge is 1.00 e. The maximum atomic E-state index is 9.69. The predicted octanol–water partition coefficient (Wildman–Crippen LogP) is -1.99. The van der Waals surface area contributed by atoms with Crippen LogP contribution in [0, 0.1) is 0 Å². The van der Waals surface area contributed by atoms with Gasteiger partial charge in [-0.2, -0.15) is 0 Å². The van der Waals surface area contributed by atoms with E-state index in [1.807, 2.05) is 22.6 Å². The van der Waals surface area contributed by atoms with Crippen LogP contribution in [-0.4, -0.2) is 15.0 Å². The van der Waals surface area contributed by atoms with Gasteiger partial charge in [-0.25, -0.2) is 0 Å². The molecular formula is C3H6IO2Rb. The summed E-state index contributed by atoms with van der Waals surface area (Å²) in [4.78, 5) is 9.69. The summed E-state index contributed by atoms with van der Waals surface area (Å²) in [5.74, 6) is -0.754. The standard InChI is InChI=1S/C3H5IO2.Rb.H/c1-2(4)3(5)6;;/h2H,1H3,(H,5,6);;/q;+1;-1. The molecule has 1 unspecified atom stereocenters. The van der Waals surface area contributed by atoms with Gasteiger partial charge in [-0.1, -0.05) is 22.6 Å². The van der Waals surface area contributed by atoms with E-state index in [9.17, 15) is 4.79 Å². The molecule has 1 N–H and O–H groups in total. The van der Waals surface area contributed by atoms with Crippen LogP contribution < -0.4 is 58.2 Å². The number of alkyl halides is 1. The molecule has 0 aromatic rings. The van der Waals surface area contributed by atoms with Crippen molar-refractivity contribution in [2.24, 2.45) is 0 Å². The van der Waals surface area contributed by atoms with Gasteiger partial charge in [0.15, 0.2) is 0 Å². The Labute approximate surface area is 106 Å². The van der Waals surface area contributed by atoms with Crippen molar-refractivity contribution >= 4 is 28.6 Å². The van der Waals surface area contributed by atoms with Crippen LogP contribution in [0.25, 0.3) is 0 Å². The third kappa shape index (κ3) is 8.01. The molecule has 0 amide bonds. The monoisotopic (exact) mass is 286 g/mol. The molecule has 0 fully saturated rings. The summed E-state index contributed by atoms with van der Waals surface area (Å²) in [6.45, 7) is 1.63. The van der Waals surface area contributed by atoms with E-state index >= 15 is 0 Å². The molecule has 0 aromatic carbocycles. The van der Waals surface area contributed by atoms with Crippen LogP contribution in [0.2, 0.25) is 0 Å². The van der Waals surface area contributed by atoms with Crippen molar-refractivity contribution < 1.29 is 69.5 Å². The minimum Gasteiger partial charge on any atom is -1.00 e. The van der Waals surface area contributed by atoms with E-state index in [1.54, 1.807) is 6.92 Å². The van der Waals surface area contributed by atoms with E-state index in [2.05, 4.69) is 0 Å². The first kappa shape index (κ1) is 11.8. The van der Waals surface area contributed by atoms with Crippen molar-refractivity contribution in [3.63, 3.8) is 0 Å². The van der Waals surface area contributed by atoms with Crippen LogP contribution >= 0.6 is 22.6 Å². The topological polar surface area (TPSA) is 37.3 Å². The molecule has 4 heteroatoms. The molecule has 0 saturated carbocycles. The van der Waals surface area contributed by atoms with Crippen LogP contribution in [-0.2, 0) is 4.79 Å². The molecule has 7 heavy (non-hydrogen) atoms. The van der Waals surface area contributed by atoms with Crippen molar-refractivity contribution in [1.82, 2.24) is 0 Å². The minimum absolute atomic E-state index is 0. The average Bonchev–Trinajstić information content (AvgIpc) is 1.36. The molecule has 0 aliphatic heterocycles. The Bertz CT molecular complexity index is 68.3. The summed E-state index contributed by atoms with van der Waals surface area (Å²) in [5, 5.41) is 7.98. The number of aliphatic carboxylic acids is 1. The van der Waals surface area contributed by atoms with Crippen LogP contribution in [0.3, 0.4) is 0 Å². The van der Waals surface area contributed by atoms with Crippen LogP contribution in [0.4, 0.5) is 0 Å². The first-order chi connectivity index (χ1) is 2.64. The summed E-state index contributed by atoms with van der Waals surface area (Å²) >= 11 is 1.83. The average molecular weight is 286 g/mol. The zero-order valence-corrected chi connectivity index (χ0v) is 11.4. The Morgan fingerprint density at radius 1 is 2.00 bits per heavy atom. The van der Waals surface area contributed by atoms with Crippen LogP contribution in [0.1, 0.15) is 8.35 Å². The van der Waals surface area contributed by atoms with E-state index in [0.717, 1.165) is 0 Å². The number of hydrogen-bond donors (Lipinski definition) is 1. The Hall–Kier alpha value is 2.01. The van der Waals surface area contributed by atoms with Crippen molar-refractivity contribution in [1.29, 1.82) is 0 Å². The van der Waals surface area contributed by atoms with Gasteiger partial charge < -0.3 is 6.53 Å². The Morgan fingerprint density at radius 2 is 2.14 bits per heavy atom. The van der Waals surface area contributed by atoms with Gasteiger partial charge >= 0.3 is 64.2 Å². The van der Waals surface area contributed by atoms with Crippen LogP contribution in [0.15, 0.2) is 0 Å². The Balaban J connectivity index is -0.000000125. The van der Waals surface area contributed by atoms with Crippen LogP contribution in [0.5, 0.6) is 0 Å². The van der Waals surface area contributed by atoms with Gasteiger partial charge in [0, 0.05) is 0 Å². The SMILES string of the molecule is CC(I)C(=O)O.[H-].[Rb+]. The Morgan fingerprint density at radius 3 is 2.14 bits per heavy atom. The van der Waals surface area contributed by atoms with Crippen molar-refractivity contribution in [3.05, 3.63) is 0 Å². The van der Waals surface area contributed by atoms with E-state index in [-0.39, 0.29) is 63.5 Å². The number of hydrogen-bond acceptors (Lipinski definition) is 1. The summed E-state index contributed by atoms with van der Waals surface area (Å²) in [7, 11) is 0. The fraction of sp³-hybridized carbons (Fsp3) is 0.667. The second kappa shape index (κ2) is 6.13. The third-order valence-electron chi connectivity index (χ3n) is 0.340. The maximum absolute atomic E-state index is 9.69. The van der Waals surface area contributed by atoms with Gasteiger partial charge in [-0.15, -0.1) is 0 Å². The second-order valence-electron chi connectivity index (χ2n) is 0.954. The summed E-state index contributed by atoms with van der Waals surface area (Å²) < 4.78 is -0.261. The van der Waals surface area contributed by atoms with Gasteiger partial charge in [-0.3, -0.25) is 4.79 Å². The molecule has 0 radical (unpaired) electrons. The minimum atomic E-state index is -0.754. The fourth-order valence-electron chi connectivity index (χ4n) is 0. The smallest absolute Gasteiger partial charge is 1.00 e. The van der Waals surface area contributed by atoms with Gasteiger partial charge in [-0.05, 0) is 6.92 Å². The van der Waals surface area contributed by atoms with E-state index in [4.69, 9.17) is 5.11 Å². The predicted molar refractivity (Wildman–Crippen MR) is 32.2 cm³/mol. The molecule has 0 saturated heterocycles. The quantitative estimate of drug-likeness (QED) is 0.448. The number of carbonyl (C=O) groups is 1. The van der Waals surface area contributed by atoms with E-state index in [1.165, 1.54) is 0 Å². The summed E-state index contributed by atoms with van der Waals surface area (Å²) in [5.41, 5.74) is 0. The van der Waals surface area contributed by atoms with Crippen molar-refractivity contribution in [2.45, 2.75) is 10.8 Å². The van der Waals surface area contributed by atoms with Gasteiger partial charge in [0.25, 0.3) is 0 Å².